The van der Waals surface area contributed by atoms with Gasteiger partial charge in [-0.2, -0.15) is 5.26 Å². The highest BCUT2D eigenvalue weighted by Crippen LogP contribution is 2.30. The van der Waals surface area contributed by atoms with E-state index in [-0.39, 0.29) is 16.0 Å². The molecule has 0 atom stereocenters. The Morgan fingerprint density at radius 2 is 2.11 bits per heavy atom. The van der Waals surface area contributed by atoms with Crippen LogP contribution in [0.2, 0.25) is 0 Å². The first-order valence-electron chi connectivity index (χ1n) is 5.74. The lowest BCUT2D eigenvalue weighted by Crippen LogP contribution is -2.07. The second-order valence-electron chi connectivity index (χ2n) is 4.67. The highest BCUT2D eigenvalue weighted by atomic mass is 32.2. The molecule has 0 spiro atoms. The van der Waals surface area contributed by atoms with E-state index in [0.29, 0.717) is 4.90 Å². The molecule has 0 fully saturated rings. The fourth-order valence-electron chi connectivity index (χ4n) is 1.48. The van der Waals surface area contributed by atoms with Crippen LogP contribution < -0.4 is 0 Å². The van der Waals surface area contributed by atoms with Crippen LogP contribution in [0.15, 0.2) is 29.2 Å². The Labute approximate surface area is 111 Å². The molecule has 0 amide bonds. The highest BCUT2D eigenvalue weighted by Gasteiger charge is 2.17. The van der Waals surface area contributed by atoms with Gasteiger partial charge in [-0.3, -0.25) is 10.1 Å². The molecule has 1 aromatic carbocycles. The van der Waals surface area contributed by atoms with Gasteiger partial charge < -0.3 is 0 Å². The van der Waals surface area contributed by atoms with Crippen LogP contribution in [-0.2, 0) is 0 Å². The number of thioether (sulfide) groups is 1. The Bertz CT molecular complexity index is 466. The lowest BCUT2D eigenvalue weighted by molar-refractivity contribution is -0.387. The fraction of sp³-hybridized carbons (Fsp3) is 0.462. The van der Waals surface area contributed by atoms with Gasteiger partial charge in [0, 0.05) is 6.07 Å². The van der Waals surface area contributed by atoms with E-state index in [1.165, 1.54) is 17.8 Å². The second-order valence-corrected chi connectivity index (χ2v) is 5.81. The number of rotatable bonds is 6. The molecule has 0 aliphatic heterocycles. The largest absolute Gasteiger partial charge is 0.282 e. The van der Waals surface area contributed by atoms with Crippen LogP contribution in [-0.4, -0.2) is 10.7 Å². The SMILES string of the molecule is CC(C)(C#N)CCCSc1ccccc1[N+](=O)[O-]. The van der Waals surface area contributed by atoms with Crippen LogP contribution in [0.3, 0.4) is 0 Å². The minimum absolute atomic E-state index is 0.155. The smallest absolute Gasteiger partial charge is 0.258 e. The molecule has 0 bridgehead atoms. The Balaban J connectivity index is 2.50. The number of nitriles is 1. The van der Waals surface area contributed by atoms with Crippen molar-refractivity contribution in [2.24, 2.45) is 5.41 Å². The maximum atomic E-state index is 10.8. The van der Waals surface area contributed by atoms with Crippen LogP contribution >= 0.6 is 11.8 Å². The van der Waals surface area contributed by atoms with Crippen molar-refractivity contribution in [2.45, 2.75) is 31.6 Å². The van der Waals surface area contributed by atoms with Gasteiger partial charge in [-0.25, -0.2) is 0 Å². The summed E-state index contributed by atoms with van der Waals surface area (Å²) < 4.78 is 0. The van der Waals surface area contributed by atoms with Crippen molar-refractivity contribution in [3.05, 3.63) is 34.4 Å². The zero-order chi connectivity index (χ0) is 13.6. The van der Waals surface area contributed by atoms with Gasteiger partial charge >= 0.3 is 0 Å². The van der Waals surface area contributed by atoms with E-state index in [4.69, 9.17) is 5.26 Å². The van der Waals surface area contributed by atoms with Gasteiger partial charge in [-0.05, 0) is 38.5 Å². The van der Waals surface area contributed by atoms with Crippen LogP contribution in [0.1, 0.15) is 26.7 Å². The summed E-state index contributed by atoms with van der Waals surface area (Å²) in [6.45, 7) is 3.81. The van der Waals surface area contributed by atoms with Crippen LogP contribution in [0.4, 0.5) is 5.69 Å². The first-order chi connectivity index (χ1) is 8.46. The molecule has 96 valence electrons. The molecule has 4 nitrogen and oxygen atoms in total. The molecule has 1 aromatic rings. The second kappa shape index (κ2) is 6.41. The van der Waals surface area contributed by atoms with Crippen LogP contribution in [0.25, 0.3) is 0 Å². The zero-order valence-corrected chi connectivity index (χ0v) is 11.4. The number of nitrogens with zero attached hydrogens (tertiary/aromatic N) is 2. The number of hydrogen-bond acceptors (Lipinski definition) is 4. The molecule has 0 N–H and O–H groups in total. The molecular weight excluding hydrogens is 248 g/mol. The molecule has 0 saturated carbocycles. The molecule has 18 heavy (non-hydrogen) atoms. The van der Waals surface area contributed by atoms with Crippen molar-refractivity contribution >= 4 is 17.4 Å². The molecule has 0 saturated heterocycles. The summed E-state index contributed by atoms with van der Waals surface area (Å²) >= 11 is 1.48. The Morgan fingerprint density at radius 3 is 2.72 bits per heavy atom. The lowest BCUT2D eigenvalue weighted by atomic mass is 9.90. The number of para-hydroxylation sites is 1. The molecule has 0 aliphatic rings. The first-order valence-corrected chi connectivity index (χ1v) is 6.72. The summed E-state index contributed by atoms with van der Waals surface area (Å²) in [5.41, 5.74) is -0.162. The molecule has 0 radical (unpaired) electrons. The summed E-state index contributed by atoms with van der Waals surface area (Å²) in [6, 6.07) is 9.00. The Kier molecular flexibility index (Phi) is 5.17. The summed E-state index contributed by atoms with van der Waals surface area (Å²) in [7, 11) is 0. The third-order valence-corrected chi connectivity index (χ3v) is 3.72. The van der Waals surface area contributed by atoms with Crippen LogP contribution in [0, 0.1) is 26.9 Å². The molecule has 5 heteroatoms. The van der Waals surface area contributed by atoms with Gasteiger partial charge in [0.2, 0.25) is 0 Å². The van der Waals surface area contributed by atoms with Gasteiger partial charge in [0.05, 0.1) is 21.3 Å². The first kappa shape index (κ1) is 14.5. The normalized spacial score (nSPS) is 10.9. The third-order valence-electron chi connectivity index (χ3n) is 2.57. The lowest BCUT2D eigenvalue weighted by Gasteiger charge is -2.13. The van der Waals surface area contributed by atoms with Crippen molar-refractivity contribution < 1.29 is 4.92 Å². The third kappa shape index (κ3) is 4.38. The van der Waals surface area contributed by atoms with Crippen molar-refractivity contribution in [1.29, 1.82) is 5.26 Å². The molecule has 0 aliphatic carbocycles. The van der Waals surface area contributed by atoms with E-state index in [9.17, 15) is 10.1 Å². The van der Waals surface area contributed by atoms with Gasteiger partial charge in [0.1, 0.15) is 0 Å². The molecule has 0 heterocycles. The minimum Gasteiger partial charge on any atom is -0.258 e. The predicted octanol–water partition coefficient (Wildman–Crippen LogP) is 4.02. The Morgan fingerprint density at radius 1 is 1.44 bits per heavy atom. The maximum absolute atomic E-state index is 10.8. The predicted molar refractivity (Wildman–Crippen MR) is 72.4 cm³/mol. The highest BCUT2D eigenvalue weighted by molar-refractivity contribution is 7.99. The number of benzene rings is 1. The summed E-state index contributed by atoms with van der Waals surface area (Å²) in [4.78, 5) is 11.1. The maximum Gasteiger partial charge on any atom is 0.282 e. The quantitative estimate of drug-likeness (QED) is 0.337. The topological polar surface area (TPSA) is 66.9 Å². The van der Waals surface area contributed by atoms with Crippen molar-refractivity contribution in [2.75, 3.05) is 5.75 Å². The van der Waals surface area contributed by atoms with Crippen molar-refractivity contribution in [3.63, 3.8) is 0 Å². The molecular formula is C13H16N2O2S. The van der Waals surface area contributed by atoms with E-state index < -0.39 is 0 Å². The minimum atomic E-state index is -0.360. The summed E-state index contributed by atoms with van der Waals surface area (Å²) in [5, 5.41) is 19.7. The summed E-state index contributed by atoms with van der Waals surface area (Å²) in [5.74, 6) is 0.788. The van der Waals surface area contributed by atoms with E-state index in [1.807, 2.05) is 13.8 Å². The monoisotopic (exact) mass is 264 g/mol. The van der Waals surface area contributed by atoms with Gasteiger partial charge in [-0.1, -0.05) is 12.1 Å². The molecule has 0 aromatic heterocycles. The average Bonchev–Trinajstić information content (AvgIpc) is 2.35. The van der Waals surface area contributed by atoms with Crippen LogP contribution in [0.5, 0.6) is 0 Å². The fourth-order valence-corrected chi connectivity index (χ4v) is 2.46. The average molecular weight is 264 g/mol. The number of nitro benzene ring substituents is 1. The Hall–Kier alpha value is -1.54. The summed E-state index contributed by atoms with van der Waals surface area (Å²) in [6.07, 6.45) is 1.68. The van der Waals surface area contributed by atoms with E-state index >= 15 is 0 Å². The van der Waals surface area contributed by atoms with Gasteiger partial charge in [0.25, 0.3) is 5.69 Å². The van der Waals surface area contributed by atoms with Crippen molar-refractivity contribution in [3.8, 4) is 6.07 Å². The number of nitro groups is 1. The molecule has 0 unspecified atom stereocenters. The van der Waals surface area contributed by atoms with Gasteiger partial charge in [-0.15, -0.1) is 11.8 Å². The van der Waals surface area contributed by atoms with E-state index in [0.717, 1.165) is 18.6 Å². The standard InChI is InChI=1S/C13H16N2O2S/c1-13(2,10-14)8-5-9-18-12-7-4-3-6-11(12)15(16)17/h3-4,6-7H,5,8-9H2,1-2H3. The number of hydrogen-bond donors (Lipinski definition) is 0. The van der Waals surface area contributed by atoms with Crippen molar-refractivity contribution in [1.82, 2.24) is 0 Å². The van der Waals surface area contributed by atoms with Gasteiger partial charge in [0.15, 0.2) is 0 Å². The zero-order valence-electron chi connectivity index (χ0n) is 10.5. The van der Waals surface area contributed by atoms with E-state index in [2.05, 4.69) is 6.07 Å². The molecule has 1 rings (SSSR count). The van der Waals surface area contributed by atoms with E-state index in [1.54, 1.807) is 18.2 Å².